The van der Waals surface area contributed by atoms with E-state index in [1.165, 1.54) is 6.07 Å². The van der Waals surface area contributed by atoms with Crippen LogP contribution in [0, 0.1) is 6.92 Å². The molecule has 1 heterocycles. The highest BCUT2D eigenvalue weighted by Gasteiger charge is 2.27. The monoisotopic (exact) mass is 250 g/mol. The lowest BCUT2D eigenvalue weighted by Gasteiger charge is -2.09. The fourth-order valence-corrected chi connectivity index (χ4v) is 1.12. The van der Waals surface area contributed by atoms with Gasteiger partial charge in [-0.15, -0.1) is 0 Å². The van der Waals surface area contributed by atoms with Crippen molar-refractivity contribution in [2.24, 2.45) is 0 Å². The Morgan fingerprint density at radius 1 is 1.41 bits per heavy atom. The highest BCUT2D eigenvalue weighted by Crippen LogP contribution is 2.14. The molecule has 0 saturated heterocycles. The van der Waals surface area contributed by atoms with Crippen LogP contribution in [0.4, 0.5) is 24.8 Å². The normalized spacial score (nSPS) is 11.5. The lowest BCUT2D eigenvalue weighted by atomic mass is 10.5. The number of ether oxygens (including phenoxy) is 1. The number of nitrogens with zero attached hydrogens (tertiary/aromatic N) is 2. The fourth-order valence-electron chi connectivity index (χ4n) is 1.12. The van der Waals surface area contributed by atoms with Crippen molar-refractivity contribution < 1.29 is 17.9 Å². The molecule has 0 spiro atoms. The molecule has 1 aromatic rings. The van der Waals surface area contributed by atoms with Crippen LogP contribution >= 0.6 is 0 Å². The average Bonchev–Trinajstić information content (AvgIpc) is 2.13. The first kappa shape index (κ1) is 13.5. The lowest BCUT2D eigenvalue weighted by Crippen LogP contribution is -2.20. The van der Waals surface area contributed by atoms with E-state index in [-0.39, 0.29) is 13.2 Å². The molecule has 0 unspecified atom stereocenters. The van der Waals surface area contributed by atoms with Gasteiger partial charge >= 0.3 is 6.18 Å². The van der Waals surface area contributed by atoms with E-state index in [4.69, 9.17) is 5.73 Å². The van der Waals surface area contributed by atoms with Crippen molar-refractivity contribution in [1.82, 2.24) is 9.97 Å². The van der Waals surface area contributed by atoms with Crippen LogP contribution in [0.1, 0.15) is 5.82 Å². The van der Waals surface area contributed by atoms with Gasteiger partial charge in [0.2, 0.25) is 0 Å². The van der Waals surface area contributed by atoms with Crippen LogP contribution in [0.3, 0.4) is 0 Å². The van der Waals surface area contributed by atoms with Gasteiger partial charge in [0, 0.05) is 12.6 Å². The maximum absolute atomic E-state index is 11.7. The first-order valence-electron chi connectivity index (χ1n) is 4.86. The zero-order valence-electron chi connectivity index (χ0n) is 9.21. The minimum Gasteiger partial charge on any atom is -0.384 e. The first-order valence-corrected chi connectivity index (χ1v) is 4.86. The maximum Gasteiger partial charge on any atom is 0.411 e. The third kappa shape index (κ3) is 5.91. The molecule has 96 valence electrons. The maximum atomic E-state index is 11.7. The SMILES string of the molecule is Cc1nc(N)cc(NCCOCC(F)(F)F)n1. The highest BCUT2D eigenvalue weighted by atomic mass is 19.4. The second kappa shape index (κ2) is 5.67. The van der Waals surface area contributed by atoms with E-state index >= 15 is 0 Å². The average molecular weight is 250 g/mol. The van der Waals surface area contributed by atoms with Gasteiger partial charge in [0.15, 0.2) is 0 Å². The number of halogens is 3. The predicted molar refractivity (Wildman–Crippen MR) is 56.5 cm³/mol. The van der Waals surface area contributed by atoms with Gasteiger partial charge in [-0.1, -0.05) is 0 Å². The smallest absolute Gasteiger partial charge is 0.384 e. The molecule has 0 aliphatic rings. The summed E-state index contributed by atoms with van der Waals surface area (Å²) in [7, 11) is 0. The van der Waals surface area contributed by atoms with E-state index in [9.17, 15) is 13.2 Å². The molecule has 0 saturated carbocycles. The summed E-state index contributed by atoms with van der Waals surface area (Å²) in [6.07, 6.45) is -4.30. The Morgan fingerprint density at radius 3 is 2.71 bits per heavy atom. The lowest BCUT2D eigenvalue weighted by molar-refractivity contribution is -0.172. The summed E-state index contributed by atoms with van der Waals surface area (Å²) >= 11 is 0. The molecule has 0 aliphatic heterocycles. The minimum atomic E-state index is -4.30. The summed E-state index contributed by atoms with van der Waals surface area (Å²) in [4.78, 5) is 7.86. The number of anilines is 2. The largest absolute Gasteiger partial charge is 0.411 e. The summed E-state index contributed by atoms with van der Waals surface area (Å²) in [5.41, 5.74) is 5.48. The third-order valence-corrected chi connectivity index (χ3v) is 1.68. The summed E-state index contributed by atoms with van der Waals surface area (Å²) in [6, 6.07) is 1.50. The molecule has 0 aliphatic carbocycles. The van der Waals surface area contributed by atoms with Gasteiger partial charge in [-0.05, 0) is 6.92 Å². The van der Waals surface area contributed by atoms with Crippen LogP contribution in [-0.4, -0.2) is 35.9 Å². The van der Waals surface area contributed by atoms with E-state index in [0.29, 0.717) is 17.5 Å². The van der Waals surface area contributed by atoms with Crippen LogP contribution in [0.15, 0.2) is 6.07 Å². The standard InChI is InChI=1S/C9H13F3N4O/c1-6-15-7(13)4-8(16-6)14-2-3-17-5-9(10,11)12/h4H,2-3,5H2,1H3,(H3,13,14,15,16). The highest BCUT2D eigenvalue weighted by molar-refractivity contribution is 5.44. The quantitative estimate of drug-likeness (QED) is 0.772. The molecular weight excluding hydrogens is 237 g/mol. The number of nitrogens with two attached hydrogens (primary N) is 1. The van der Waals surface area contributed by atoms with Gasteiger partial charge in [-0.2, -0.15) is 13.2 Å². The van der Waals surface area contributed by atoms with Crippen LogP contribution in [0.25, 0.3) is 0 Å². The van der Waals surface area contributed by atoms with Crippen molar-refractivity contribution in [3.8, 4) is 0 Å². The van der Waals surface area contributed by atoms with Gasteiger partial charge in [-0.3, -0.25) is 0 Å². The Labute approximate surface area is 96.2 Å². The number of nitrogen functional groups attached to an aromatic ring is 1. The summed E-state index contributed by atoms with van der Waals surface area (Å²) in [5.74, 6) is 1.26. The van der Waals surface area contributed by atoms with Crippen molar-refractivity contribution in [3.05, 3.63) is 11.9 Å². The molecule has 8 heteroatoms. The summed E-state index contributed by atoms with van der Waals surface area (Å²) < 4.78 is 39.6. The predicted octanol–water partition coefficient (Wildman–Crippen LogP) is 1.36. The van der Waals surface area contributed by atoms with Crippen molar-refractivity contribution in [1.29, 1.82) is 0 Å². The number of aromatic nitrogens is 2. The number of rotatable bonds is 5. The molecule has 0 bridgehead atoms. The third-order valence-electron chi connectivity index (χ3n) is 1.68. The van der Waals surface area contributed by atoms with E-state index < -0.39 is 12.8 Å². The summed E-state index contributed by atoms with van der Waals surface area (Å²) in [5, 5.41) is 2.79. The van der Waals surface area contributed by atoms with E-state index in [2.05, 4.69) is 20.0 Å². The number of alkyl halides is 3. The van der Waals surface area contributed by atoms with Crippen molar-refractivity contribution >= 4 is 11.6 Å². The Morgan fingerprint density at radius 2 is 2.12 bits per heavy atom. The Balaban J connectivity index is 2.27. The molecule has 5 nitrogen and oxygen atoms in total. The van der Waals surface area contributed by atoms with Gasteiger partial charge < -0.3 is 15.8 Å². The molecule has 0 radical (unpaired) electrons. The Hall–Kier alpha value is -1.57. The first-order chi connectivity index (χ1) is 7.87. The molecule has 0 aromatic carbocycles. The fraction of sp³-hybridized carbons (Fsp3) is 0.556. The molecule has 0 fully saturated rings. The molecule has 3 N–H and O–H groups in total. The summed E-state index contributed by atoms with van der Waals surface area (Å²) in [6.45, 7) is 0.565. The number of aryl methyl sites for hydroxylation is 1. The molecule has 1 aromatic heterocycles. The number of hydrogen-bond donors (Lipinski definition) is 2. The minimum absolute atomic E-state index is 0.0670. The number of nitrogens with one attached hydrogen (secondary N) is 1. The second-order valence-corrected chi connectivity index (χ2v) is 3.32. The van der Waals surface area contributed by atoms with Gasteiger partial charge in [0.1, 0.15) is 24.1 Å². The molecule has 0 amide bonds. The topological polar surface area (TPSA) is 73.1 Å². The van der Waals surface area contributed by atoms with Crippen LogP contribution < -0.4 is 11.1 Å². The van der Waals surface area contributed by atoms with E-state index in [1.807, 2.05) is 0 Å². The molecule has 0 atom stereocenters. The van der Waals surface area contributed by atoms with E-state index in [1.54, 1.807) is 6.92 Å². The zero-order chi connectivity index (χ0) is 12.9. The van der Waals surface area contributed by atoms with Crippen LogP contribution in [-0.2, 0) is 4.74 Å². The van der Waals surface area contributed by atoms with Gasteiger partial charge in [-0.25, -0.2) is 9.97 Å². The Kier molecular flexibility index (Phi) is 4.50. The van der Waals surface area contributed by atoms with Gasteiger partial charge in [0.25, 0.3) is 0 Å². The second-order valence-electron chi connectivity index (χ2n) is 3.32. The van der Waals surface area contributed by atoms with Crippen LogP contribution in [0.2, 0.25) is 0 Å². The van der Waals surface area contributed by atoms with Crippen molar-refractivity contribution in [2.75, 3.05) is 30.8 Å². The molecular formula is C9H13F3N4O. The Bertz CT molecular complexity index is 349. The van der Waals surface area contributed by atoms with Gasteiger partial charge in [0.05, 0.1) is 6.61 Å². The van der Waals surface area contributed by atoms with E-state index in [0.717, 1.165) is 0 Å². The van der Waals surface area contributed by atoms with Crippen molar-refractivity contribution in [2.45, 2.75) is 13.1 Å². The van der Waals surface area contributed by atoms with Crippen LogP contribution in [0.5, 0.6) is 0 Å². The zero-order valence-corrected chi connectivity index (χ0v) is 9.21. The number of hydrogen-bond acceptors (Lipinski definition) is 5. The molecule has 17 heavy (non-hydrogen) atoms. The molecule has 1 rings (SSSR count). The van der Waals surface area contributed by atoms with Crippen molar-refractivity contribution in [3.63, 3.8) is 0 Å².